The fraction of sp³-hybridized carbons (Fsp3) is 0.423. The molecule has 0 saturated carbocycles. The third kappa shape index (κ3) is 25.6. The van der Waals surface area contributed by atoms with E-state index < -0.39 is 10.0 Å². The van der Waals surface area contributed by atoms with E-state index in [0.717, 1.165) is 24.3 Å². The SMILES string of the molecule is CC.CC.CC.CS(N)(=O)=O.Cc1nc(C)n(Cc2ccccc2)c1C.II.c1ccccc1. The molecule has 0 unspecified atom stereocenters. The van der Waals surface area contributed by atoms with E-state index in [1.54, 1.807) is 0 Å². The molecular weight excluding hydrogens is 672 g/mol. The lowest BCUT2D eigenvalue weighted by Gasteiger charge is -2.07. The van der Waals surface area contributed by atoms with Gasteiger partial charge in [0.05, 0.1) is 11.9 Å². The van der Waals surface area contributed by atoms with Gasteiger partial charge < -0.3 is 4.57 Å². The number of aromatic nitrogens is 2. The van der Waals surface area contributed by atoms with Crippen LogP contribution in [0.25, 0.3) is 0 Å². The Labute approximate surface area is 233 Å². The van der Waals surface area contributed by atoms with E-state index in [1.165, 1.54) is 11.3 Å². The minimum absolute atomic E-state index is 0.916. The van der Waals surface area contributed by atoms with Gasteiger partial charge in [0.2, 0.25) is 10.0 Å². The second-order valence-electron chi connectivity index (χ2n) is 5.89. The van der Waals surface area contributed by atoms with E-state index in [1.807, 2.05) is 84.0 Å². The standard InChI is InChI=1S/C13H16N2.C6H6.3C2H6.CH5NO2S.I2/c1-10-11(2)15(12(3)14-10)9-13-7-5-4-6-8-13;1-2-4-6-5-3-1;3*1-2;1-5(2,3)4;1-2/h4-8H,9H2,1-3H3;1-6H;3*1-2H3;1H3,(H2,2,3,4);. The minimum atomic E-state index is -3.17. The highest BCUT2D eigenvalue weighted by atomic mass is 128. The van der Waals surface area contributed by atoms with Crippen molar-refractivity contribution in [1.29, 1.82) is 0 Å². The number of primary sulfonamides is 1. The topological polar surface area (TPSA) is 78.0 Å². The number of benzene rings is 2. The number of aryl methyl sites for hydroxylation is 2. The molecule has 1 heterocycles. The molecule has 0 radical (unpaired) electrons. The zero-order chi connectivity index (χ0) is 27.6. The van der Waals surface area contributed by atoms with Gasteiger partial charge in [-0.2, -0.15) is 0 Å². The zero-order valence-corrected chi connectivity index (χ0v) is 27.6. The van der Waals surface area contributed by atoms with Crippen LogP contribution in [0.15, 0.2) is 66.7 Å². The molecule has 1 aromatic heterocycles. The number of imidazole rings is 1. The maximum absolute atomic E-state index is 9.41. The first-order valence-corrected chi connectivity index (χ1v) is 19.6. The Bertz CT molecular complexity index is 852. The van der Waals surface area contributed by atoms with Crippen molar-refractivity contribution in [3.05, 3.63) is 89.5 Å². The van der Waals surface area contributed by atoms with Gasteiger partial charge in [0.15, 0.2) is 0 Å². The van der Waals surface area contributed by atoms with E-state index in [0.29, 0.717) is 0 Å². The number of halogens is 2. The molecule has 8 heteroatoms. The van der Waals surface area contributed by atoms with E-state index >= 15 is 0 Å². The van der Waals surface area contributed by atoms with Gasteiger partial charge in [-0.25, -0.2) is 18.5 Å². The quantitative estimate of drug-likeness (QED) is 0.271. The molecule has 0 amide bonds. The maximum atomic E-state index is 9.41. The fourth-order valence-corrected chi connectivity index (χ4v) is 2.21. The molecule has 34 heavy (non-hydrogen) atoms. The van der Waals surface area contributed by atoms with Crippen LogP contribution in [0, 0.1) is 20.8 Å². The van der Waals surface area contributed by atoms with Crippen molar-refractivity contribution >= 4 is 47.3 Å². The molecule has 0 bridgehead atoms. The van der Waals surface area contributed by atoms with Crippen LogP contribution in [0.2, 0.25) is 0 Å². The lowest BCUT2D eigenvalue weighted by atomic mass is 10.2. The molecule has 3 rings (SSSR count). The van der Waals surface area contributed by atoms with Crippen molar-refractivity contribution in [3.63, 3.8) is 0 Å². The van der Waals surface area contributed by atoms with Crippen LogP contribution in [0.1, 0.15) is 64.3 Å². The monoisotopic (exact) mass is 717 g/mol. The smallest absolute Gasteiger partial charge is 0.206 e. The van der Waals surface area contributed by atoms with Gasteiger partial charge in [-0.3, -0.25) is 0 Å². The Morgan fingerprint density at radius 1 is 0.765 bits per heavy atom. The molecule has 5 nitrogen and oxygen atoms in total. The summed E-state index contributed by atoms with van der Waals surface area (Å²) in [6.45, 7) is 19.2. The molecule has 196 valence electrons. The minimum Gasteiger partial charge on any atom is -0.328 e. The average Bonchev–Trinajstić information content (AvgIpc) is 3.11. The number of nitrogens with zero attached hydrogens (tertiary/aromatic N) is 2. The van der Waals surface area contributed by atoms with Crippen LogP contribution in [0.4, 0.5) is 0 Å². The number of rotatable bonds is 2. The summed E-state index contributed by atoms with van der Waals surface area (Å²) in [5.41, 5.74) is 3.71. The van der Waals surface area contributed by atoms with Crippen LogP contribution in [-0.2, 0) is 16.6 Å². The highest BCUT2D eigenvalue weighted by Gasteiger charge is 2.06. The van der Waals surface area contributed by atoms with E-state index in [2.05, 4.69) is 97.0 Å². The Hall–Kier alpha value is -0.980. The molecule has 0 aliphatic rings. The molecule has 2 aromatic carbocycles. The predicted molar refractivity (Wildman–Crippen MR) is 170 cm³/mol. The summed E-state index contributed by atoms with van der Waals surface area (Å²) in [6, 6.07) is 22.5. The molecule has 2 N–H and O–H groups in total. The number of sulfonamides is 1. The second-order valence-corrected chi connectivity index (χ2v) is 7.54. The lowest BCUT2D eigenvalue weighted by molar-refractivity contribution is 0.603. The van der Waals surface area contributed by atoms with Crippen molar-refractivity contribution in [1.82, 2.24) is 9.55 Å². The van der Waals surface area contributed by atoms with Gasteiger partial charge in [0.1, 0.15) is 5.82 Å². The van der Waals surface area contributed by atoms with Crippen molar-refractivity contribution in [2.45, 2.75) is 68.9 Å². The number of hydrogen-bond acceptors (Lipinski definition) is 3. The third-order valence-electron chi connectivity index (χ3n) is 3.50. The van der Waals surface area contributed by atoms with E-state index in [-0.39, 0.29) is 0 Å². The Morgan fingerprint density at radius 3 is 1.32 bits per heavy atom. The van der Waals surface area contributed by atoms with Crippen LogP contribution in [-0.4, -0.2) is 24.2 Å². The van der Waals surface area contributed by atoms with Gasteiger partial charge in [-0.05, 0) is 26.3 Å². The Morgan fingerprint density at radius 2 is 1.06 bits per heavy atom. The molecule has 0 aliphatic heterocycles. The maximum Gasteiger partial charge on any atom is 0.206 e. The van der Waals surface area contributed by atoms with Crippen molar-refractivity contribution < 1.29 is 8.42 Å². The summed E-state index contributed by atoms with van der Waals surface area (Å²) >= 11 is 4.24. The summed E-state index contributed by atoms with van der Waals surface area (Å²) in [5, 5.41) is 4.33. The summed E-state index contributed by atoms with van der Waals surface area (Å²) in [7, 11) is -3.17. The largest absolute Gasteiger partial charge is 0.328 e. The molecule has 0 fully saturated rings. The molecule has 0 atom stereocenters. The lowest BCUT2D eigenvalue weighted by Crippen LogP contribution is -2.07. The average molecular weight is 718 g/mol. The normalized spacial score (nSPS) is 8.50. The van der Waals surface area contributed by atoms with Gasteiger partial charge in [0.25, 0.3) is 0 Å². The summed E-state index contributed by atoms with van der Waals surface area (Å²) < 4.78 is 21.1. The third-order valence-corrected chi connectivity index (χ3v) is 3.50. The second kappa shape index (κ2) is 28.3. The first-order chi connectivity index (χ1) is 16.2. The number of hydrogen-bond donors (Lipinski definition) is 1. The van der Waals surface area contributed by atoms with Crippen LogP contribution in [0.3, 0.4) is 0 Å². The molecule has 0 aliphatic carbocycles. The zero-order valence-electron chi connectivity index (χ0n) is 22.5. The highest BCUT2D eigenvalue weighted by molar-refractivity contribution is 15.0. The Kier molecular flexibility index (Phi) is 33.4. The summed E-state index contributed by atoms with van der Waals surface area (Å²) in [5.74, 6) is 1.09. The number of nitrogens with two attached hydrogens (primary N) is 1. The summed E-state index contributed by atoms with van der Waals surface area (Å²) in [4.78, 5) is 4.47. The van der Waals surface area contributed by atoms with Gasteiger partial charge in [-0.1, -0.05) is 108 Å². The van der Waals surface area contributed by atoms with E-state index in [9.17, 15) is 8.42 Å². The van der Waals surface area contributed by atoms with E-state index in [4.69, 9.17) is 0 Å². The van der Waals surface area contributed by atoms with Crippen LogP contribution < -0.4 is 5.14 Å². The summed E-state index contributed by atoms with van der Waals surface area (Å²) in [6.07, 6.45) is 0.938. The van der Waals surface area contributed by atoms with Gasteiger partial charge in [0, 0.05) is 49.5 Å². The molecule has 0 spiro atoms. The molecule has 3 aromatic rings. The predicted octanol–water partition coefficient (Wildman–Crippen LogP) is 8.30. The van der Waals surface area contributed by atoms with Crippen LogP contribution in [0.5, 0.6) is 0 Å². The molecule has 0 saturated heterocycles. The Balaban J connectivity index is -0.000000198. The van der Waals surface area contributed by atoms with Gasteiger partial charge >= 0.3 is 0 Å². The van der Waals surface area contributed by atoms with Crippen LogP contribution >= 0.6 is 37.2 Å². The molecular formula is C26H45I2N3O2S. The first kappa shape index (κ1) is 40.2. The van der Waals surface area contributed by atoms with Gasteiger partial charge in [-0.15, -0.1) is 0 Å². The fourth-order valence-electron chi connectivity index (χ4n) is 2.21. The van der Waals surface area contributed by atoms with Crippen molar-refractivity contribution in [3.8, 4) is 0 Å². The van der Waals surface area contributed by atoms with Crippen molar-refractivity contribution in [2.24, 2.45) is 5.14 Å². The first-order valence-electron chi connectivity index (χ1n) is 11.3. The highest BCUT2D eigenvalue weighted by Crippen LogP contribution is 2.12. The van der Waals surface area contributed by atoms with Crippen molar-refractivity contribution in [2.75, 3.05) is 6.26 Å².